The maximum Gasteiger partial charge on any atom is 0.0340 e. The van der Waals surface area contributed by atoms with E-state index in [0.717, 1.165) is 18.5 Å². The molecule has 112 valence electrons. The van der Waals surface area contributed by atoms with Gasteiger partial charge in [0.1, 0.15) is 0 Å². The molecule has 1 aromatic carbocycles. The van der Waals surface area contributed by atoms with E-state index in [9.17, 15) is 0 Å². The molecule has 1 aromatic rings. The van der Waals surface area contributed by atoms with Crippen LogP contribution in [0.3, 0.4) is 0 Å². The lowest BCUT2D eigenvalue weighted by molar-refractivity contribution is 0.195. The van der Waals surface area contributed by atoms with Crippen LogP contribution in [-0.2, 0) is 0 Å². The predicted molar refractivity (Wildman–Crippen MR) is 88.2 cm³/mol. The van der Waals surface area contributed by atoms with Gasteiger partial charge in [-0.05, 0) is 43.9 Å². The first-order chi connectivity index (χ1) is 9.75. The molecule has 1 fully saturated rings. The summed E-state index contributed by atoms with van der Waals surface area (Å²) in [6, 6.07) is 11.4. The molecule has 0 amide bonds. The lowest BCUT2D eigenvalue weighted by Crippen LogP contribution is -2.38. The van der Waals surface area contributed by atoms with Crippen LogP contribution in [0.15, 0.2) is 30.3 Å². The smallest absolute Gasteiger partial charge is 0.0340 e. The number of para-hydroxylation sites is 1. The second-order valence-electron chi connectivity index (χ2n) is 6.45. The third kappa shape index (κ3) is 5.16. The zero-order valence-corrected chi connectivity index (χ0v) is 13.1. The van der Waals surface area contributed by atoms with Crippen LogP contribution in [-0.4, -0.2) is 30.6 Å². The summed E-state index contributed by atoms with van der Waals surface area (Å²) in [6.07, 6.45) is 6.98. The van der Waals surface area contributed by atoms with Gasteiger partial charge in [-0.15, -0.1) is 0 Å². The first-order valence-corrected chi connectivity index (χ1v) is 8.28. The summed E-state index contributed by atoms with van der Waals surface area (Å²) in [5.74, 6) is 0.806. The summed E-state index contributed by atoms with van der Waals surface area (Å²) < 4.78 is 0. The van der Waals surface area contributed by atoms with Gasteiger partial charge in [0.05, 0.1) is 0 Å². The van der Waals surface area contributed by atoms with Gasteiger partial charge in [-0.25, -0.2) is 0 Å². The van der Waals surface area contributed by atoms with E-state index in [-0.39, 0.29) is 0 Å². The highest BCUT2D eigenvalue weighted by atomic mass is 15.2. The van der Waals surface area contributed by atoms with E-state index in [0.29, 0.717) is 0 Å². The van der Waals surface area contributed by atoms with Crippen LogP contribution < -0.4 is 5.32 Å². The van der Waals surface area contributed by atoms with E-state index in [2.05, 4.69) is 54.4 Å². The van der Waals surface area contributed by atoms with Crippen molar-refractivity contribution >= 4 is 5.69 Å². The van der Waals surface area contributed by atoms with Crippen molar-refractivity contribution in [1.29, 1.82) is 0 Å². The Kier molecular flexibility index (Phi) is 6.38. The fourth-order valence-corrected chi connectivity index (χ4v) is 3.07. The van der Waals surface area contributed by atoms with Crippen LogP contribution in [0.2, 0.25) is 0 Å². The Hall–Kier alpha value is -1.02. The van der Waals surface area contributed by atoms with Gasteiger partial charge in [0, 0.05) is 24.8 Å². The third-order valence-electron chi connectivity index (χ3n) is 4.34. The first-order valence-electron chi connectivity index (χ1n) is 8.28. The van der Waals surface area contributed by atoms with Crippen molar-refractivity contribution in [2.24, 2.45) is 5.92 Å². The molecule has 0 atom stereocenters. The fraction of sp³-hybridized carbons (Fsp3) is 0.667. The molecule has 0 aromatic heterocycles. The van der Waals surface area contributed by atoms with Crippen molar-refractivity contribution in [3.8, 4) is 0 Å². The summed E-state index contributed by atoms with van der Waals surface area (Å²) >= 11 is 0. The number of nitrogens with zero attached hydrogens (tertiary/aromatic N) is 1. The van der Waals surface area contributed by atoms with Gasteiger partial charge in [0.15, 0.2) is 0 Å². The largest absolute Gasteiger partial charge is 0.384 e. The minimum atomic E-state index is 0.806. The standard InChI is InChI=1S/C18H30N2/c1-16(2)12-14-20(18-10-6-7-11-18)15-13-19-17-8-4-3-5-9-17/h3-5,8-9,16,18-19H,6-7,10-15H2,1-2H3. The Morgan fingerprint density at radius 1 is 1.10 bits per heavy atom. The molecule has 0 spiro atoms. The van der Waals surface area contributed by atoms with Crippen LogP contribution >= 0.6 is 0 Å². The van der Waals surface area contributed by atoms with Crippen LogP contribution in [0.4, 0.5) is 5.69 Å². The van der Waals surface area contributed by atoms with Crippen molar-refractivity contribution < 1.29 is 0 Å². The van der Waals surface area contributed by atoms with Crippen LogP contribution in [0.1, 0.15) is 46.0 Å². The molecule has 0 aliphatic heterocycles. The molecule has 1 saturated carbocycles. The highest BCUT2D eigenvalue weighted by Crippen LogP contribution is 2.24. The monoisotopic (exact) mass is 274 g/mol. The molecular formula is C18H30N2. The highest BCUT2D eigenvalue weighted by Gasteiger charge is 2.21. The molecule has 0 radical (unpaired) electrons. The van der Waals surface area contributed by atoms with Crippen LogP contribution in [0.5, 0.6) is 0 Å². The average Bonchev–Trinajstić information content (AvgIpc) is 2.97. The van der Waals surface area contributed by atoms with Gasteiger partial charge in [-0.3, -0.25) is 4.90 Å². The van der Waals surface area contributed by atoms with Gasteiger partial charge >= 0.3 is 0 Å². The van der Waals surface area contributed by atoms with Gasteiger partial charge < -0.3 is 5.32 Å². The molecule has 0 saturated heterocycles. The molecular weight excluding hydrogens is 244 g/mol. The summed E-state index contributed by atoms with van der Waals surface area (Å²) in [6.45, 7) is 8.15. The van der Waals surface area contributed by atoms with Crippen molar-refractivity contribution in [2.75, 3.05) is 25.0 Å². The minimum absolute atomic E-state index is 0.806. The minimum Gasteiger partial charge on any atom is -0.384 e. The normalized spacial score (nSPS) is 16.2. The number of hydrogen-bond donors (Lipinski definition) is 1. The summed E-state index contributed by atoms with van der Waals surface area (Å²) in [5.41, 5.74) is 1.24. The van der Waals surface area contributed by atoms with Gasteiger partial charge in [0.25, 0.3) is 0 Å². The van der Waals surface area contributed by atoms with E-state index in [1.165, 1.54) is 50.9 Å². The Morgan fingerprint density at radius 3 is 2.45 bits per heavy atom. The molecule has 2 nitrogen and oxygen atoms in total. The first kappa shape index (κ1) is 15.4. The number of anilines is 1. The Labute approximate surface area is 124 Å². The van der Waals surface area contributed by atoms with Gasteiger partial charge in [-0.2, -0.15) is 0 Å². The summed E-state index contributed by atoms with van der Waals surface area (Å²) in [7, 11) is 0. The molecule has 1 aliphatic carbocycles. The maximum absolute atomic E-state index is 3.54. The third-order valence-corrected chi connectivity index (χ3v) is 4.34. The molecule has 2 heteroatoms. The molecule has 1 aliphatic rings. The average molecular weight is 274 g/mol. The Morgan fingerprint density at radius 2 is 1.80 bits per heavy atom. The predicted octanol–water partition coefficient (Wildman–Crippen LogP) is 4.39. The molecule has 0 heterocycles. The summed E-state index contributed by atoms with van der Waals surface area (Å²) in [4.78, 5) is 2.73. The van der Waals surface area contributed by atoms with Crippen molar-refractivity contribution in [2.45, 2.75) is 52.0 Å². The van der Waals surface area contributed by atoms with Crippen molar-refractivity contribution in [3.05, 3.63) is 30.3 Å². The SMILES string of the molecule is CC(C)CCN(CCNc1ccccc1)C1CCCC1. The molecule has 0 unspecified atom stereocenters. The Bertz CT molecular complexity index is 355. The second kappa shape index (κ2) is 8.31. The quantitative estimate of drug-likeness (QED) is 0.756. The number of rotatable bonds is 8. The van der Waals surface area contributed by atoms with E-state index in [1.54, 1.807) is 0 Å². The lowest BCUT2D eigenvalue weighted by Gasteiger charge is -2.29. The van der Waals surface area contributed by atoms with Gasteiger partial charge in [-0.1, -0.05) is 44.9 Å². The van der Waals surface area contributed by atoms with E-state index < -0.39 is 0 Å². The molecule has 2 rings (SSSR count). The highest BCUT2D eigenvalue weighted by molar-refractivity contribution is 5.42. The lowest BCUT2D eigenvalue weighted by atomic mass is 10.1. The van der Waals surface area contributed by atoms with E-state index in [4.69, 9.17) is 0 Å². The van der Waals surface area contributed by atoms with E-state index in [1.807, 2.05) is 0 Å². The number of nitrogens with one attached hydrogen (secondary N) is 1. The summed E-state index contributed by atoms with van der Waals surface area (Å²) in [5, 5.41) is 3.54. The van der Waals surface area contributed by atoms with Crippen LogP contribution in [0, 0.1) is 5.92 Å². The molecule has 20 heavy (non-hydrogen) atoms. The van der Waals surface area contributed by atoms with E-state index >= 15 is 0 Å². The number of benzene rings is 1. The Balaban J connectivity index is 1.77. The fourth-order valence-electron chi connectivity index (χ4n) is 3.07. The van der Waals surface area contributed by atoms with Crippen LogP contribution in [0.25, 0.3) is 0 Å². The zero-order chi connectivity index (χ0) is 14.2. The number of hydrogen-bond acceptors (Lipinski definition) is 2. The van der Waals surface area contributed by atoms with Gasteiger partial charge in [0.2, 0.25) is 0 Å². The molecule has 1 N–H and O–H groups in total. The zero-order valence-electron chi connectivity index (χ0n) is 13.1. The topological polar surface area (TPSA) is 15.3 Å². The molecule has 0 bridgehead atoms. The van der Waals surface area contributed by atoms with Crippen molar-refractivity contribution in [3.63, 3.8) is 0 Å². The maximum atomic E-state index is 3.54. The van der Waals surface area contributed by atoms with Crippen molar-refractivity contribution in [1.82, 2.24) is 4.90 Å². The second-order valence-corrected chi connectivity index (χ2v) is 6.45.